The van der Waals surface area contributed by atoms with E-state index in [4.69, 9.17) is 4.74 Å². The molecular formula is C23H28F2N4O. The Labute approximate surface area is 176 Å². The molecule has 30 heavy (non-hydrogen) atoms. The molecule has 0 N–H and O–H groups in total. The Hall–Kier alpha value is -2.30. The maximum absolute atomic E-state index is 13.2. The van der Waals surface area contributed by atoms with Crippen molar-refractivity contribution in [1.29, 1.82) is 0 Å². The van der Waals surface area contributed by atoms with Crippen LogP contribution in [0.4, 0.5) is 8.78 Å². The van der Waals surface area contributed by atoms with Crippen LogP contribution >= 0.6 is 0 Å². The number of halogens is 2. The highest BCUT2D eigenvalue weighted by atomic mass is 19.3. The number of hydrogen-bond donors (Lipinski definition) is 0. The van der Waals surface area contributed by atoms with E-state index in [0.29, 0.717) is 19.6 Å². The Bertz CT molecular complexity index is 915. The molecule has 1 aromatic carbocycles. The third-order valence-corrected chi connectivity index (χ3v) is 5.83. The molecule has 1 unspecified atom stereocenters. The molecule has 0 saturated carbocycles. The van der Waals surface area contributed by atoms with Gasteiger partial charge in [0.2, 0.25) is 0 Å². The van der Waals surface area contributed by atoms with Crippen LogP contribution in [0.5, 0.6) is 0 Å². The van der Waals surface area contributed by atoms with Crippen LogP contribution in [0, 0.1) is 18.8 Å². The first-order valence-electron chi connectivity index (χ1n) is 10.7. The lowest BCUT2D eigenvalue weighted by Gasteiger charge is -2.30. The molecule has 7 heteroatoms. The molecule has 0 bridgehead atoms. The summed E-state index contributed by atoms with van der Waals surface area (Å²) < 4.78 is 34.1. The standard InChI is InChI=1S/C23H28F2N4O/c1-18-15-19(5-4-11-28-12-9-23(24,25)10-13-28)7-8-21(18)22-17-29(27-26-22)16-20-6-2-3-14-30-20/h7-8,15,17,20H,2-3,6,9-14,16H2,1H3. The first kappa shape index (κ1) is 21.0. The van der Waals surface area contributed by atoms with Gasteiger partial charge in [-0.2, -0.15) is 0 Å². The minimum Gasteiger partial charge on any atom is -0.376 e. The summed E-state index contributed by atoms with van der Waals surface area (Å²) in [7, 11) is 0. The van der Waals surface area contributed by atoms with E-state index in [-0.39, 0.29) is 18.9 Å². The molecule has 2 aromatic rings. The number of aryl methyl sites for hydroxylation is 1. The largest absolute Gasteiger partial charge is 0.376 e. The summed E-state index contributed by atoms with van der Waals surface area (Å²) in [5, 5.41) is 8.59. The van der Waals surface area contributed by atoms with E-state index in [1.807, 2.05) is 40.9 Å². The van der Waals surface area contributed by atoms with Gasteiger partial charge in [-0.1, -0.05) is 23.1 Å². The SMILES string of the molecule is Cc1cc(C#CCN2CCC(F)(F)CC2)ccc1-c1cn(CC2CCCCO2)nn1. The van der Waals surface area contributed by atoms with Gasteiger partial charge in [-0.15, -0.1) is 5.10 Å². The predicted molar refractivity (Wildman–Crippen MR) is 111 cm³/mol. The molecule has 2 fully saturated rings. The lowest BCUT2D eigenvalue weighted by molar-refractivity contribution is -0.0527. The Morgan fingerprint density at radius 2 is 2.07 bits per heavy atom. The van der Waals surface area contributed by atoms with Crippen molar-refractivity contribution < 1.29 is 13.5 Å². The lowest BCUT2D eigenvalue weighted by Crippen LogP contribution is -2.39. The van der Waals surface area contributed by atoms with E-state index < -0.39 is 5.92 Å². The molecular weight excluding hydrogens is 386 g/mol. The van der Waals surface area contributed by atoms with Crippen LogP contribution in [-0.2, 0) is 11.3 Å². The molecule has 3 heterocycles. The minimum atomic E-state index is -2.51. The van der Waals surface area contributed by atoms with Crippen molar-refractivity contribution in [2.75, 3.05) is 26.2 Å². The number of hydrogen-bond acceptors (Lipinski definition) is 4. The highest BCUT2D eigenvalue weighted by Crippen LogP contribution is 2.27. The zero-order chi connectivity index (χ0) is 21.0. The molecule has 0 spiro atoms. The maximum Gasteiger partial charge on any atom is 0.250 e. The third kappa shape index (κ3) is 5.44. The second-order valence-electron chi connectivity index (χ2n) is 8.28. The number of aromatic nitrogens is 3. The number of alkyl halides is 2. The number of nitrogens with zero attached hydrogens (tertiary/aromatic N) is 4. The molecule has 0 amide bonds. The van der Waals surface area contributed by atoms with Crippen molar-refractivity contribution in [3.05, 3.63) is 35.5 Å². The second-order valence-corrected chi connectivity index (χ2v) is 8.28. The van der Waals surface area contributed by atoms with Gasteiger partial charge in [-0.25, -0.2) is 13.5 Å². The van der Waals surface area contributed by atoms with E-state index in [9.17, 15) is 8.78 Å². The fourth-order valence-electron chi connectivity index (χ4n) is 3.99. The smallest absolute Gasteiger partial charge is 0.250 e. The van der Waals surface area contributed by atoms with Crippen molar-refractivity contribution in [2.45, 2.75) is 57.6 Å². The number of likely N-dealkylation sites (tertiary alicyclic amines) is 1. The summed E-state index contributed by atoms with van der Waals surface area (Å²) in [6.45, 7) is 4.93. The molecule has 2 saturated heterocycles. The average Bonchev–Trinajstić information content (AvgIpc) is 3.18. The number of benzene rings is 1. The van der Waals surface area contributed by atoms with E-state index >= 15 is 0 Å². The van der Waals surface area contributed by atoms with Gasteiger partial charge in [-0.3, -0.25) is 4.90 Å². The Morgan fingerprint density at radius 3 is 2.80 bits per heavy atom. The van der Waals surface area contributed by atoms with E-state index in [2.05, 4.69) is 22.2 Å². The van der Waals surface area contributed by atoms with Crippen LogP contribution in [0.15, 0.2) is 24.4 Å². The average molecular weight is 415 g/mol. The summed E-state index contributed by atoms with van der Waals surface area (Å²) in [6.07, 6.45) is 5.46. The Kier molecular flexibility index (Phi) is 6.45. The van der Waals surface area contributed by atoms with Gasteiger partial charge in [0, 0.05) is 43.7 Å². The molecule has 4 rings (SSSR count). The summed E-state index contributed by atoms with van der Waals surface area (Å²) in [4.78, 5) is 1.99. The normalized spacial score (nSPS) is 21.8. The van der Waals surface area contributed by atoms with Gasteiger partial charge in [0.1, 0.15) is 5.69 Å². The molecule has 2 aliphatic heterocycles. The van der Waals surface area contributed by atoms with E-state index in [1.165, 1.54) is 6.42 Å². The molecule has 5 nitrogen and oxygen atoms in total. The van der Waals surface area contributed by atoms with Crippen molar-refractivity contribution in [2.24, 2.45) is 0 Å². The monoisotopic (exact) mass is 414 g/mol. The number of ether oxygens (including phenoxy) is 1. The quantitative estimate of drug-likeness (QED) is 0.712. The van der Waals surface area contributed by atoms with Gasteiger partial charge in [-0.05, 0) is 43.9 Å². The van der Waals surface area contributed by atoms with Crippen molar-refractivity contribution in [3.63, 3.8) is 0 Å². The van der Waals surface area contributed by atoms with Crippen molar-refractivity contribution in [3.8, 4) is 23.1 Å². The zero-order valence-corrected chi connectivity index (χ0v) is 17.4. The minimum absolute atomic E-state index is 0.0734. The maximum atomic E-state index is 13.2. The first-order chi connectivity index (χ1) is 14.5. The lowest BCUT2D eigenvalue weighted by atomic mass is 10.0. The van der Waals surface area contributed by atoms with Crippen LogP contribution in [-0.4, -0.2) is 58.2 Å². The van der Waals surface area contributed by atoms with Gasteiger partial charge in [0.25, 0.3) is 5.92 Å². The zero-order valence-electron chi connectivity index (χ0n) is 17.4. The van der Waals surface area contributed by atoms with Crippen molar-refractivity contribution in [1.82, 2.24) is 19.9 Å². The van der Waals surface area contributed by atoms with Crippen LogP contribution in [0.2, 0.25) is 0 Å². The van der Waals surface area contributed by atoms with E-state index in [0.717, 1.165) is 48.4 Å². The van der Waals surface area contributed by atoms with Gasteiger partial charge in [0.15, 0.2) is 0 Å². The molecule has 0 radical (unpaired) electrons. The van der Waals surface area contributed by atoms with Crippen molar-refractivity contribution >= 4 is 0 Å². The Balaban J connectivity index is 1.36. The fourth-order valence-corrected chi connectivity index (χ4v) is 3.99. The van der Waals surface area contributed by atoms with Gasteiger partial charge < -0.3 is 4.74 Å². The molecule has 1 atom stereocenters. The summed E-state index contributed by atoms with van der Waals surface area (Å²) in [5.41, 5.74) is 3.88. The topological polar surface area (TPSA) is 43.2 Å². The molecule has 2 aliphatic rings. The highest BCUT2D eigenvalue weighted by Gasteiger charge is 2.33. The van der Waals surface area contributed by atoms with Gasteiger partial charge in [0.05, 0.1) is 25.4 Å². The molecule has 0 aliphatic carbocycles. The van der Waals surface area contributed by atoms with Crippen LogP contribution < -0.4 is 0 Å². The Morgan fingerprint density at radius 1 is 1.23 bits per heavy atom. The summed E-state index contributed by atoms with van der Waals surface area (Å²) in [6, 6.07) is 6.03. The summed E-state index contributed by atoms with van der Waals surface area (Å²) in [5.74, 6) is 3.76. The third-order valence-electron chi connectivity index (χ3n) is 5.83. The predicted octanol–water partition coefficient (Wildman–Crippen LogP) is 3.91. The van der Waals surface area contributed by atoms with Gasteiger partial charge >= 0.3 is 0 Å². The van der Waals surface area contributed by atoms with Crippen LogP contribution in [0.3, 0.4) is 0 Å². The van der Waals surface area contributed by atoms with E-state index in [1.54, 1.807) is 0 Å². The number of rotatable bonds is 4. The molecule has 160 valence electrons. The van der Waals surface area contributed by atoms with Crippen LogP contribution in [0.25, 0.3) is 11.3 Å². The number of piperidine rings is 1. The van der Waals surface area contributed by atoms with Crippen LogP contribution in [0.1, 0.15) is 43.2 Å². The summed E-state index contributed by atoms with van der Waals surface area (Å²) >= 11 is 0. The first-order valence-corrected chi connectivity index (χ1v) is 10.7. The molecule has 1 aromatic heterocycles. The second kappa shape index (κ2) is 9.23. The highest BCUT2D eigenvalue weighted by molar-refractivity contribution is 5.64. The fraction of sp³-hybridized carbons (Fsp3) is 0.565.